The Bertz CT molecular complexity index is 1570. The first-order valence-electron chi connectivity index (χ1n) is 12.0. The van der Waals surface area contributed by atoms with Gasteiger partial charge in [0.25, 0.3) is 10.0 Å². The average Bonchev–Trinajstić information content (AvgIpc) is 2.86. The number of benzene rings is 3. The first-order valence-corrected chi connectivity index (χ1v) is 13.4. The molecule has 1 atom stereocenters. The number of anilines is 1. The van der Waals surface area contributed by atoms with Crippen LogP contribution in [0.2, 0.25) is 0 Å². The lowest BCUT2D eigenvalue weighted by Gasteiger charge is -2.38. The van der Waals surface area contributed by atoms with E-state index >= 15 is 0 Å². The largest absolute Gasteiger partial charge is 0.479 e. The third kappa shape index (κ3) is 6.59. The van der Waals surface area contributed by atoms with Crippen LogP contribution < -0.4 is 9.04 Å². The molecule has 14 heteroatoms. The monoisotopic (exact) mass is 603 g/mol. The molecule has 3 aromatic carbocycles. The second-order valence-corrected chi connectivity index (χ2v) is 11.6. The van der Waals surface area contributed by atoms with Crippen molar-refractivity contribution in [3.8, 4) is 16.9 Å². The van der Waals surface area contributed by atoms with E-state index in [4.69, 9.17) is 4.74 Å². The maximum Gasteiger partial charge on any atom is 0.416 e. The summed E-state index contributed by atoms with van der Waals surface area (Å²) in [6.45, 7) is -1.16. The van der Waals surface area contributed by atoms with E-state index in [9.17, 15) is 44.7 Å². The third-order valence-corrected chi connectivity index (χ3v) is 8.10. The van der Waals surface area contributed by atoms with Gasteiger partial charge in [-0.25, -0.2) is 17.6 Å². The summed E-state index contributed by atoms with van der Waals surface area (Å²) in [7, 11) is -4.69. The molecule has 0 bridgehead atoms. The lowest BCUT2D eigenvalue weighted by Crippen LogP contribution is -2.48. The highest BCUT2D eigenvalue weighted by atomic mass is 32.2. The van der Waals surface area contributed by atoms with Crippen LogP contribution in [0.1, 0.15) is 25.0 Å². The highest BCUT2D eigenvalue weighted by Gasteiger charge is 2.40. The molecule has 41 heavy (non-hydrogen) atoms. The van der Waals surface area contributed by atoms with Gasteiger partial charge >= 0.3 is 18.8 Å². The first-order chi connectivity index (χ1) is 19.0. The average molecular weight is 604 g/mol. The molecule has 0 saturated carbocycles. The highest BCUT2D eigenvalue weighted by molar-refractivity contribution is 7.92. The van der Waals surface area contributed by atoms with Crippen LogP contribution >= 0.6 is 0 Å². The van der Waals surface area contributed by atoms with E-state index < -0.39 is 69.1 Å². The van der Waals surface area contributed by atoms with Gasteiger partial charge in [-0.1, -0.05) is 18.2 Å². The van der Waals surface area contributed by atoms with Crippen LogP contribution in [0, 0.1) is 5.82 Å². The molecule has 0 spiro atoms. The van der Waals surface area contributed by atoms with E-state index in [0.717, 1.165) is 34.6 Å². The van der Waals surface area contributed by atoms with Crippen molar-refractivity contribution in [2.45, 2.75) is 49.7 Å². The fourth-order valence-electron chi connectivity index (χ4n) is 4.38. The molecule has 0 saturated heterocycles. The number of hydrogen-bond donors (Lipinski definition) is 1. The van der Waals surface area contributed by atoms with Crippen molar-refractivity contribution in [1.29, 1.82) is 0 Å². The summed E-state index contributed by atoms with van der Waals surface area (Å²) >= 11 is 0. The predicted molar refractivity (Wildman–Crippen MR) is 135 cm³/mol. The van der Waals surface area contributed by atoms with Crippen LogP contribution in [0.4, 0.5) is 32.0 Å². The van der Waals surface area contributed by atoms with Crippen LogP contribution in [0.25, 0.3) is 11.1 Å². The van der Waals surface area contributed by atoms with Gasteiger partial charge in [0.2, 0.25) is 0 Å². The number of rotatable bonds is 8. The summed E-state index contributed by atoms with van der Waals surface area (Å²) in [5.74, 6) is -2.71. The number of nitrogens with zero attached hydrogens (tertiary/aromatic N) is 1. The minimum absolute atomic E-state index is 0.00785. The van der Waals surface area contributed by atoms with E-state index in [1.165, 1.54) is 32.0 Å². The van der Waals surface area contributed by atoms with Crippen LogP contribution in [-0.4, -0.2) is 44.4 Å². The van der Waals surface area contributed by atoms with Crippen molar-refractivity contribution in [2.75, 3.05) is 10.8 Å². The van der Waals surface area contributed by atoms with E-state index in [1.807, 2.05) is 0 Å². The molecule has 1 heterocycles. The summed E-state index contributed by atoms with van der Waals surface area (Å²) in [4.78, 5) is 11.0. The van der Waals surface area contributed by atoms with Crippen molar-refractivity contribution in [3.05, 3.63) is 77.6 Å². The molecule has 7 nitrogen and oxygen atoms in total. The molecule has 0 aromatic heterocycles. The molecule has 4 rings (SSSR count). The van der Waals surface area contributed by atoms with E-state index in [-0.39, 0.29) is 23.2 Å². The Morgan fingerprint density at radius 1 is 1.02 bits per heavy atom. The van der Waals surface area contributed by atoms with E-state index in [1.54, 1.807) is 0 Å². The first kappa shape index (κ1) is 30.2. The zero-order valence-electron chi connectivity index (χ0n) is 21.5. The van der Waals surface area contributed by atoms with Crippen LogP contribution in [0.15, 0.2) is 65.6 Å². The van der Waals surface area contributed by atoms with Gasteiger partial charge in [0.15, 0.2) is 5.60 Å². The quantitative estimate of drug-likeness (QED) is 0.313. The molecule has 1 aliphatic heterocycles. The summed E-state index contributed by atoms with van der Waals surface area (Å²) in [5.41, 5.74) is -2.33. The Morgan fingerprint density at radius 2 is 1.73 bits per heavy atom. The Hall–Kier alpha value is -3.78. The number of ether oxygens (including phenoxy) is 2. The number of fused-ring (bicyclic) bond motifs is 1. The second-order valence-electron chi connectivity index (χ2n) is 9.72. The predicted octanol–water partition coefficient (Wildman–Crippen LogP) is 6.11. The number of hydrogen-bond acceptors (Lipinski definition) is 5. The van der Waals surface area contributed by atoms with Gasteiger partial charge in [-0.15, -0.1) is 0 Å². The summed E-state index contributed by atoms with van der Waals surface area (Å²) in [5, 5.41) is 9.49. The van der Waals surface area contributed by atoms with Gasteiger partial charge in [0, 0.05) is 12.5 Å². The fourth-order valence-corrected chi connectivity index (χ4v) is 5.95. The van der Waals surface area contributed by atoms with Crippen molar-refractivity contribution in [1.82, 2.24) is 0 Å². The minimum atomic E-state index is -4.83. The molecule has 1 aliphatic rings. The Kier molecular flexibility index (Phi) is 8.02. The van der Waals surface area contributed by atoms with Crippen LogP contribution in [-0.2, 0) is 32.2 Å². The van der Waals surface area contributed by atoms with Crippen molar-refractivity contribution >= 4 is 21.7 Å². The molecular weight excluding hydrogens is 580 g/mol. The zero-order valence-corrected chi connectivity index (χ0v) is 22.3. The maximum atomic E-state index is 14.2. The Labute approximate surface area is 231 Å². The lowest BCUT2D eigenvalue weighted by atomic mass is 9.96. The Morgan fingerprint density at radius 3 is 2.37 bits per heavy atom. The summed E-state index contributed by atoms with van der Waals surface area (Å²) in [6.07, 6.45) is -5.81. The molecule has 0 unspecified atom stereocenters. The minimum Gasteiger partial charge on any atom is -0.479 e. The number of aliphatic carboxylic acids is 1. The lowest BCUT2D eigenvalue weighted by molar-refractivity contribution is -0.167. The second kappa shape index (κ2) is 10.9. The van der Waals surface area contributed by atoms with Gasteiger partial charge in [-0.3, -0.25) is 4.31 Å². The smallest absolute Gasteiger partial charge is 0.416 e. The third-order valence-electron chi connectivity index (χ3n) is 6.33. The summed E-state index contributed by atoms with van der Waals surface area (Å²) in [6, 6.07) is 10.2. The number of sulfonamides is 1. The molecule has 0 fully saturated rings. The maximum absolute atomic E-state index is 14.2. The van der Waals surface area contributed by atoms with Crippen LogP contribution in [0.5, 0.6) is 5.75 Å². The van der Waals surface area contributed by atoms with Crippen LogP contribution in [0.3, 0.4) is 0 Å². The zero-order chi connectivity index (χ0) is 30.3. The topological polar surface area (TPSA) is 93.1 Å². The number of halogens is 6. The van der Waals surface area contributed by atoms with Gasteiger partial charge < -0.3 is 14.6 Å². The normalized spacial score (nSPS) is 16.0. The number of carboxylic acids is 1. The van der Waals surface area contributed by atoms with Gasteiger partial charge in [0.05, 0.1) is 28.8 Å². The highest BCUT2D eigenvalue weighted by Crippen LogP contribution is 2.39. The molecule has 0 aliphatic carbocycles. The molecule has 1 N–H and O–H groups in total. The van der Waals surface area contributed by atoms with Gasteiger partial charge in [0.1, 0.15) is 11.6 Å². The summed E-state index contributed by atoms with van der Waals surface area (Å²) < 4.78 is 118. The van der Waals surface area contributed by atoms with Crippen molar-refractivity contribution in [3.63, 3.8) is 0 Å². The van der Waals surface area contributed by atoms with Crippen molar-refractivity contribution < 1.29 is 54.1 Å². The number of carbonyl (C=O) groups is 1. The SMILES string of the molecule is CC(C)(O[C@@H]1Cc2ccc(-c3cc(F)cc(OC(F)F)c3)cc2N(S(=O)(=O)c2cccc(C(F)(F)F)c2)C1)C(=O)O. The molecule has 3 aromatic rings. The van der Waals surface area contributed by atoms with E-state index in [2.05, 4.69) is 4.74 Å². The van der Waals surface area contributed by atoms with Gasteiger partial charge in [-0.2, -0.15) is 22.0 Å². The molecule has 0 amide bonds. The number of carboxylic acid groups (broad SMARTS) is 1. The number of alkyl halides is 5. The molecule has 0 radical (unpaired) electrons. The molecule has 220 valence electrons. The Balaban J connectivity index is 1.84. The van der Waals surface area contributed by atoms with E-state index in [0.29, 0.717) is 17.7 Å². The van der Waals surface area contributed by atoms with Crippen molar-refractivity contribution in [2.24, 2.45) is 0 Å². The molecular formula is C27H23F6NO6S. The fraction of sp³-hybridized carbons (Fsp3) is 0.296. The van der Waals surface area contributed by atoms with Gasteiger partial charge in [-0.05, 0) is 66.9 Å². The standard InChI is InChI=1S/C27H23F6NO6S/c1-26(2,24(35)36)40-21-9-16-7-6-15(17-8-19(28)13-20(10-17)39-25(29)30)11-23(16)34(14-21)41(37,38)22-5-3-4-18(12-22)27(31,32)33/h3-8,10-13,21,25H,9,14H2,1-2H3,(H,35,36)/t21-/m1/s1.